The number of nitrogens with zero attached hydrogens (tertiary/aromatic N) is 5. The van der Waals surface area contributed by atoms with Gasteiger partial charge in [0, 0.05) is 44.0 Å². The summed E-state index contributed by atoms with van der Waals surface area (Å²) in [6.07, 6.45) is 8.36. The van der Waals surface area contributed by atoms with Crippen molar-refractivity contribution in [2.24, 2.45) is 0 Å². The van der Waals surface area contributed by atoms with E-state index in [1.54, 1.807) is 24.3 Å². The molecule has 268 valence electrons. The molecule has 3 atom stereocenters. The number of methoxy groups -OCH3 is 1. The molecule has 4 aromatic rings. The lowest BCUT2D eigenvalue weighted by Crippen LogP contribution is -2.52. The highest BCUT2D eigenvalue weighted by molar-refractivity contribution is 6.28. The lowest BCUT2D eigenvalue weighted by Gasteiger charge is -2.36. The predicted octanol–water partition coefficient (Wildman–Crippen LogP) is 5.89. The Labute approximate surface area is 305 Å². The minimum atomic E-state index is -1.54. The Bertz CT molecular complexity index is 2140. The van der Waals surface area contributed by atoms with E-state index < -0.39 is 35.0 Å². The molecule has 2 saturated heterocycles. The molecule has 2 unspecified atom stereocenters. The molecule has 1 aliphatic carbocycles. The van der Waals surface area contributed by atoms with Crippen LogP contribution >= 0.6 is 11.6 Å². The Balaban J connectivity index is 1.26. The predicted molar refractivity (Wildman–Crippen MR) is 192 cm³/mol. The number of halogens is 2. The van der Waals surface area contributed by atoms with Gasteiger partial charge in [-0.15, -0.1) is 11.6 Å². The number of alkyl halides is 2. The maximum atomic E-state index is 14.3. The van der Waals surface area contributed by atoms with Crippen molar-refractivity contribution in [2.45, 2.75) is 62.4 Å². The minimum absolute atomic E-state index is 0.0366. The molecule has 0 bridgehead atoms. The molecule has 1 amide bonds. The van der Waals surface area contributed by atoms with Gasteiger partial charge < -0.3 is 19.6 Å². The highest BCUT2D eigenvalue weighted by Crippen LogP contribution is 2.43. The number of benzene rings is 2. The molecular formula is C39H38ClFN6O5. The van der Waals surface area contributed by atoms with Crippen molar-refractivity contribution >= 4 is 40.2 Å². The number of nitriles is 1. The fourth-order valence-electron chi connectivity index (χ4n) is 7.34. The molecule has 0 spiro atoms. The van der Waals surface area contributed by atoms with Crippen molar-refractivity contribution < 1.29 is 28.2 Å². The molecule has 7 rings (SSSR count). The van der Waals surface area contributed by atoms with E-state index in [0.717, 1.165) is 35.1 Å². The number of carbonyl (C=O) groups is 2. The molecule has 2 N–H and O–H groups in total. The zero-order chi connectivity index (χ0) is 36.6. The fourth-order valence-corrected chi connectivity index (χ4v) is 7.76. The number of pyridine rings is 1. The summed E-state index contributed by atoms with van der Waals surface area (Å²) in [7, 11) is 1.49. The van der Waals surface area contributed by atoms with Gasteiger partial charge in [-0.05, 0) is 66.8 Å². The van der Waals surface area contributed by atoms with Crippen LogP contribution < -0.4 is 10.1 Å². The Morgan fingerprint density at radius 2 is 2.02 bits per heavy atom. The van der Waals surface area contributed by atoms with Crippen molar-refractivity contribution in [2.75, 3.05) is 26.7 Å². The van der Waals surface area contributed by atoms with E-state index in [2.05, 4.69) is 16.4 Å². The number of aromatic nitrogens is 2. The van der Waals surface area contributed by atoms with Gasteiger partial charge >= 0.3 is 5.97 Å². The monoisotopic (exact) mass is 724 g/mol. The van der Waals surface area contributed by atoms with Gasteiger partial charge in [0.15, 0.2) is 11.1 Å². The molecule has 11 nitrogen and oxygen atoms in total. The van der Waals surface area contributed by atoms with Crippen LogP contribution in [-0.2, 0) is 23.4 Å². The van der Waals surface area contributed by atoms with Crippen LogP contribution in [0.2, 0.25) is 0 Å². The third kappa shape index (κ3) is 6.67. The zero-order valence-corrected chi connectivity index (χ0v) is 29.6. The first-order valence-electron chi connectivity index (χ1n) is 17.2. The number of piperidine rings is 1. The molecular weight excluding hydrogens is 687 g/mol. The normalized spacial score (nSPS) is 22.4. The number of carboxylic acids is 1. The van der Waals surface area contributed by atoms with Crippen LogP contribution in [-0.4, -0.2) is 81.1 Å². The van der Waals surface area contributed by atoms with Gasteiger partial charge in [-0.1, -0.05) is 42.8 Å². The SMILES string of the molecule is COc1cc(C(=O)NC2(c3nc4cc(CN5CC(F)C5)cc(C#N)c4o3)C=CC=C(c3ccccc3C)C2Cl)ncc1CN1CCCC[C@H]1C(=O)O. The zero-order valence-electron chi connectivity index (χ0n) is 28.8. The minimum Gasteiger partial charge on any atom is -0.496 e. The smallest absolute Gasteiger partial charge is 0.320 e. The van der Waals surface area contributed by atoms with E-state index in [9.17, 15) is 24.3 Å². The lowest BCUT2D eigenvalue weighted by molar-refractivity contribution is -0.144. The summed E-state index contributed by atoms with van der Waals surface area (Å²) < 4.78 is 25.6. The number of carboxylic acid groups (broad SMARTS) is 1. The summed E-state index contributed by atoms with van der Waals surface area (Å²) >= 11 is 7.41. The number of fused-ring (bicyclic) bond motifs is 1. The fraction of sp³-hybridized carbons (Fsp3) is 0.359. The molecule has 3 aliphatic rings. The van der Waals surface area contributed by atoms with Crippen molar-refractivity contribution in [3.05, 3.63) is 106 Å². The average Bonchev–Trinajstić information content (AvgIpc) is 3.57. The number of aryl methyl sites for hydroxylation is 1. The van der Waals surface area contributed by atoms with Crippen LogP contribution in [0.4, 0.5) is 4.39 Å². The van der Waals surface area contributed by atoms with E-state index in [-0.39, 0.29) is 22.7 Å². The van der Waals surface area contributed by atoms with E-state index >= 15 is 0 Å². The van der Waals surface area contributed by atoms with Crippen LogP contribution in [0, 0.1) is 18.3 Å². The molecule has 4 heterocycles. The van der Waals surface area contributed by atoms with E-state index in [1.165, 1.54) is 19.4 Å². The topological polar surface area (TPSA) is 145 Å². The number of ether oxygens (including phenoxy) is 1. The van der Waals surface area contributed by atoms with Gasteiger partial charge in [-0.2, -0.15) is 5.26 Å². The molecule has 52 heavy (non-hydrogen) atoms. The van der Waals surface area contributed by atoms with Gasteiger partial charge in [0.25, 0.3) is 5.91 Å². The number of allylic oxidation sites excluding steroid dienone is 2. The number of rotatable bonds is 10. The third-order valence-corrected chi connectivity index (χ3v) is 10.7. The van der Waals surface area contributed by atoms with Crippen LogP contribution in [0.5, 0.6) is 5.75 Å². The first kappa shape index (κ1) is 35.3. The van der Waals surface area contributed by atoms with Gasteiger partial charge in [-0.25, -0.2) is 9.37 Å². The molecule has 0 saturated carbocycles. The van der Waals surface area contributed by atoms with Gasteiger partial charge in [0.05, 0.1) is 18.1 Å². The number of hydrogen-bond acceptors (Lipinski definition) is 9. The molecule has 2 fully saturated rings. The summed E-state index contributed by atoms with van der Waals surface area (Å²) in [5, 5.41) is 22.0. The van der Waals surface area contributed by atoms with Crippen molar-refractivity contribution in [1.82, 2.24) is 25.1 Å². The number of nitrogens with one attached hydrogen (secondary N) is 1. The summed E-state index contributed by atoms with van der Waals surface area (Å²) in [5.74, 6) is -0.998. The van der Waals surface area contributed by atoms with E-state index in [4.69, 9.17) is 25.7 Å². The number of oxazole rings is 1. The van der Waals surface area contributed by atoms with E-state index in [0.29, 0.717) is 56.0 Å². The van der Waals surface area contributed by atoms with Crippen LogP contribution in [0.1, 0.15) is 63.5 Å². The molecule has 13 heteroatoms. The van der Waals surface area contributed by atoms with Crippen LogP contribution in [0.15, 0.2) is 71.3 Å². The Morgan fingerprint density at radius 3 is 2.75 bits per heavy atom. The second kappa shape index (κ2) is 14.5. The highest BCUT2D eigenvalue weighted by atomic mass is 35.5. The number of aliphatic carboxylic acids is 1. The van der Waals surface area contributed by atoms with Crippen molar-refractivity contribution in [3.8, 4) is 11.8 Å². The Hall–Kier alpha value is -5.09. The average molecular weight is 725 g/mol. The number of hydrogen-bond donors (Lipinski definition) is 2. The number of amides is 1. The molecule has 2 aromatic carbocycles. The Kier molecular flexibility index (Phi) is 9.85. The maximum Gasteiger partial charge on any atom is 0.320 e. The van der Waals surface area contributed by atoms with E-state index in [1.807, 2.05) is 47.1 Å². The molecule has 2 aromatic heterocycles. The second-order valence-corrected chi connectivity index (χ2v) is 14.0. The van der Waals surface area contributed by atoms with Gasteiger partial charge in [-0.3, -0.25) is 24.4 Å². The highest BCUT2D eigenvalue weighted by Gasteiger charge is 2.47. The van der Waals surface area contributed by atoms with Crippen molar-refractivity contribution in [1.29, 1.82) is 5.26 Å². The molecule has 0 radical (unpaired) electrons. The number of likely N-dealkylation sites (tertiary alicyclic amines) is 2. The largest absolute Gasteiger partial charge is 0.496 e. The van der Waals surface area contributed by atoms with Gasteiger partial charge in [0.2, 0.25) is 5.89 Å². The number of carbonyl (C=O) groups excluding carboxylic acids is 1. The van der Waals surface area contributed by atoms with Crippen LogP contribution in [0.3, 0.4) is 0 Å². The third-order valence-electron chi connectivity index (χ3n) is 10.1. The van der Waals surface area contributed by atoms with Crippen molar-refractivity contribution in [3.63, 3.8) is 0 Å². The van der Waals surface area contributed by atoms with Crippen LogP contribution in [0.25, 0.3) is 16.7 Å². The Morgan fingerprint density at radius 1 is 1.21 bits per heavy atom. The maximum absolute atomic E-state index is 14.3. The molecule has 2 aliphatic heterocycles. The summed E-state index contributed by atoms with van der Waals surface area (Å²) in [6, 6.07) is 14.4. The second-order valence-electron chi connectivity index (χ2n) is 13.6. The quantitative estimate of drug-likeness (QED) is 0.190. The summed E-state index contributed by atoms with van der Waals surface area (Å²) in [6.45, 7) is 4.00. The summed E-state index contributed by atoms with van der Waals surface area (Å²) in [5.41, 5.74) is 3.42. The first-order chi connectivity index (χ1) is 25.1. The first-order valence-corrected chi connectivity index (χ1v) is 17.7. The van der Waals surface area contributed by atoms with Gasteiger partial charge in [0.1, 0.15) is 35.2 Å². The lowest BCUT2D eigenvalue weighted by atomic mass is 9.81. The summed E-state index contributed by atoms with van der Waals surface area (Å²) in [4.78, 5) is 39.3. The standard InChI is InChI=1S/C39H38ClFN6O5/c1-23-8-3-4-9-28(23)29-10-7-12-39(35(29)40,38-44-30-15-24(19-46-21-27(41)22-46)14-25(17-42)34(30)52-38)45-36(48)31-16-33(51-2)26(18-43-31)20-47-13-6-5-11-32(47)37(49)50/h3-4,7-10,12,14-16,18,27,32,35H,5-6,11,13,19-22H2,1-2H3,(H,45,48)(H,49,50)/t32-,35?,39?/m0/s1.